The molecule has 0 aromatic carbocycles. The first-order chi connectivity index (χ1) is 13.0. The van der Waals surface area contributed by atoms with E-state index in [1.54, 1.807) is 0 Å². The van der Waals surface area contributed by atoms with Gasteiger partial charge in [0.2, 0.25) is 12.3 Å². The second-order valence-electron chi connectivity index (χ2n) is 9.40. The van der Waals surface area contributed by atoms with Gasteiger partial charge in [-0.15, -0.1) is 0 Å². The van der Waals surface area contributed by atoms with Gasteiger partial charge in [-0.05, 0) is 50.9 Å². The van der Waals surface area contributed by atoms with Gasteiger partial charge in [0.15, 0.2) is 0 Å². The Bertz CT molecular complexity index is 636. The van der Waals surface area contributed by atoms with Crippen LogP contribution in [0.3, 0.4) is 0 Å². The number of nitriles is 1. The van der Waals surface area contributed by atoms with E-state index in [2.05, 4.69) is 24.5 Å². The van der Waals surface area contributed by atoms with Crippen molar-refractivity contribution in [3.63, 3.8) is 0 Å². The summed E-state index contributed by atoms with van der Waals surface area (Å²) >= 11 is 0. The Hall–Kier alpha value is -2.30. The molecule has 2 aliphatic heterocycles. The lowest BCUT2D eigenvalue weighted by Crippen LogP contribution is -2.37. The van der Waals surface area contributed by atoms with Crippen molar-refractivity contribution < 1.29 is 19.1 Å². The van der Waals surface area contributed by atoms with Gasteiger partial charge >= 0.3 is 6.09 Å². The van der Waals surface area contributed by atoms with E-state index in [4.69, 9.17) is 10.00 Å². The van der Waals surface area contributed by atoms with E-state index >= 15 is 0 Å². The van der Waals surface area contributed by atoms with Gasteiger partial charge in [0.25, 0.3) is 0 Å². The molecule has 0 aromatic rings. The van der Waals surface area contributed by atoms with E-state index in [9.17, 15) is 14.4 Å². The van der Waals surface area contributed by atoms with Crippen molar-refractivity contribution in [1.29, 1.82) is 5.26 Å². The molecule has 8 nitrogen and oxygen atoms in total. The molecule has 28 heavy (non-hydrogen) atoms. The summed E-state index contributed by atoms with van der Waals surface area (Å²) in [5.74, 6) is 1.25. The third-order valence-electron chi connectivity index (χ3n) is 5.88. The number of carbonyl (C=O) groups excluding carboxylic acids is 3. The van der Waals surface area contributed by atoms with Crippen LogP contribution >= 0.6 is 0 Å². The number of likely N-dealkylation sites (tertiary alicyclic amines) is 1. The zero-order valence-electron chi connectivity index (χ0n) is 17.4. The van der Waals surface area contributed by atoms with Crippen molar-refractivity contribution >= 4 is 18.4 Å². The summed E-state index contributed by atoms with van der Waals surface area (Å²) in [5.41, 5.74) is 0.0812. The fraction of sp³-hybridized carbons (Fsp3) is 0.800. The van der Waals surface area contributed by atoms with Gasteiger partial charge < -0.3 is 20.3 Å². The molecule has 0 spiro atoms. The SMILES string of the molecule is CC(C)(C)OC(=O)N1CC2C(C1)C2(C)C.N#CC(CC1CCNC1=O)NC=O. The molecule has 1 saturated carbocycles. The highest BCUT2D eigenvalue weighted by atomic mass is 16.6. The van der Waals surface area contributed by atoms with Gasteiger partial charge in [0, 0.05) is 25.6 Å². The minimum Gasteiger partial charge on any atom is -0.444 e. The normalized spacial score (nSPS) is 28.1. The molecular weight excluding hydrogens is 360 g/mol. The fourth-order valence-electron chi connectivity index (χ4n) is 4.00. The maximum Gasteiger partial charge on any atom is 0.410 e. The zero-order valence-corrected chi connectivity index (χ0v) is 17.4. The van der Waals surface area contributed by atoms with E-state index in [0.717, 1.165) is 19.5 Å². The molecule has 2 heterocycles. The average molecular weight is 393 g/mol. The minimum absolute atomic E-state index is 0.0204. The van der Waals surface area contributed by atoms with E-state index < -0.39 is 6.04 Å². The predicted octanol–water partition coefficient (Wildman–Crippen LogP) is 1.66. The maximum absolute atomic E-state index is 11.7. The van der Waals surface area contributed by atoms with Gasteiger partial charge in [-0.1, -0.05) is 13.8 Å². The summed E-state index contributed by atoms with van der Waals surface area (Å²) in [6, 6.07) is 1.38. The van der Waals surface area contributed by atoms with Gasteiger partial charge in [-0.2, -0.15) is 5.26 Å². The van der Waals surface area contributed by atoms with Crippen LogP contribution < -0.4 is 10.6 Å². The van der Waals surface area contributed by atoms with Crippen molar-refractivity contribution in [2.75, 3.05) is 19.6 Å². The summed E-state index contributed by atoms with van der Waals surface area (Å²) in [4.78, 5) is 34.8. The smallest absolute Gasteiger partial charge is 0.410 e. The van der Waals surface area contributed by atoms with Crippen LogP contribution in [0.25, 0.3) is 0 Å². The van der Waals surface area contributed by atoms with E-state index in [0.29, 0.717) is 36.6 Å². The molecule has 0 radical (unpaired) electrons. The predicted molar refractivity (Wildman–Crippen MR) is 103 cm³/mol. The molecule has 1 aliphatic carbocycles. The van der Waals surface area contributed by atoms with Crippen molar-refractivity contribution in [2.24, 2.45) is 23.2 Å². The van der Waals surface area contributed by atoms with E-state index in [1.807, 2.05) is 31.7 Å². The Labute approximate surface area is 167 Å². The average Bonchev–Trinajstić information content (AvgIpc) is 3.00. The van der Waals surface area contributed by atoms with Crippen LogP contribution in [-0.2, 0) is 14.3 Å². The molecule has 3 fully saturated rings. The molecule has 4 unspecified atom stereocenters. The highest BCUT2D eigenvalue weighted by Gasteiger charge is 2.63. The first-order valence-electron chi connectivity index (χ1n) is 9.84. The molecule has 3 rings (SSSR count). The molecule has 4 atom stereocenters. The quantitative estimate of drug-likeness (QED) is 0.707. The second-order valence-corrected chi connectivity index (χ2v) is 9.40. The number of amides is 3. The lowest BCUT2D eigenvalue weighted by Gasteiger charge is -2.26. The Kier molecular flexibility index (Phi) is 6.58. The first-order valence-corrected chi connectivity index (χ1v) is 9.84. The highest BCUT2D eigenvalue weighted by Crippen LogP contribution is 2.62. The number of hydrogen-bond acceptors (Lipinski definition) is 5. The molecule has 0 bridgehead atoms. The molecule has 156 valence electrons. The maximum atomic E-state index is 11.7. The first kappa shape index (κ1) is 22.0. The largest absolute Gasteiger partial charge is 0.444 e. The van der Waals surface area contributed by atoms with Crippen LogP contribution in [0.2, 0.25) is 0 Å². The van der Waals surface area contributed by atoms with Crippen LogP contribution in [-0.4, -0.2) is 54.6 Å². The topological polar surface area (TPSA) is 112 Å². The monoisotopic (exact) mass is 392 g/mol. The number of piperidine rings is 1. The summed E-state index contributed by atoms with van der Waals surface area (Å²) in [6.45, 7) is 12.7. The molecule has 8 heteroatoms. The van der Waals surface area contributed by atoms with Crippen LogP contribution in [0.15, 0.2) is 0 Å². The molecule has 2 N–H and O–H groups in total. The van der Waals surface area contributed by atoms with Gasteiger partial charge in [-0.25, -0.2) is 4.79 Å². The lowest BCUT2D eigenvalue weighted by molar-refractivity contribution is -0.123. The molecule has 0 aromatic heterocycles. The third kappa shape index (κ3) is 5.37. The van der Waals surface area contributed by atoms with Crippen LogP contribution in [0.1, 0.15) is 47.5 Å². The number of nitrogens with zero attached hydrogens (tertiary/aromatic N) is 2. The number of ether oxygens (including phenoxy) is 1. The molecule has 2 saturated heterocycles. The summed E-state index contributed by atoms with van der Waals surface area (Å²) < 4.78 is 5.35. The number of fused-ring (bicyclic) bond motifs is 1. The Morgan fingerprint density at radius 3 is 2.46 bits per heavy atom. The molecule has 3 amide bonds. The van der Waals surface area contributed by atoms with Crippen molar-refractivity contribution in [2.45, 2.75) is 59.1 Å². The van der Waals surface area contributed by atoms with Crippen LogP contribution in [0, 0.1) is 34.5 Å². The fourth-order valence-corrected chi connectivity index (χ4v) is 4.00. The van der Waals surface area contributed by atoms with E-state index in [-0.39, 0.29) is 23.5 Å². The highest BCUT2D eigenvalue weighted by molar-refractivity contribution is 5.80. The van der Waals surface area contributed by atoms with Crippen LogP contribution in [0.4, 0.5) is 4.79 Å². The van der Waals surface area contributed by atoms with Gasteiger partial charge in [0.05, 0.1) is 6.07 Å². The van der Waals surface area contributed by atoms with Crippen LogP contribution in [0.5, 0.6) is 0 Å². The summed E-state index contributed by atoms with van der Waals surface area (Å²) in [5, 5.41) is 13.6. The van der Waals surface area contributed by atoms with Crippen molar-refractivity contribution in [3.8, 4) is 6.07 Å². The Morgan fingerprint density at radius 2 is 2.04 bits per heavy atom. The number of nitrogens with one attached hydrogen (secondary N) is 2. The Morgan fingerprint density at radius 1 is 1.43 bits per heavy atom. The standard InChI is InChI=1S/C12H21NO2.C8H11N3O2/c1-11(2,3)15-10(14)13-6-8-9(7-13)12(8,4)5;9-4-7(11-5-12)3-6-1-2-10-8(6)13/h8-9H,6-7H2,1-5H3;5-7H,1-3H2,(H,10,13)(H,11,12). The van der Waals surface area contributed by atoms with Gasteiger partial charge in [-0.3, -0.25) is 9.59 Å². The number of hydrogen-bond donors (Lipinski definition) is 2. The third-order valence-corrected chi connectivity index (χ3v) is 5.88. The number of carbonyl (C=O) groups is 3. The lowest BCUT2D eigenvalue weighted by atomic mass is 9.99. The summed E-state index contributed by atoms with van der Waals surface area (Å²) in [6.07, 6.45) is 1.49. The van der Waals surface area contributed by atoms with Crippen molar-refractivity contribution in [1.82, 2.24) is 15.5 Å². The summed E-state index contributed by atoms with van der Waals surface area (Å²) in [7, 11) is 0. The van der Waals surface area contributed by atoms with E-state index in [1.165, 1.54) is 0 Å². The number of rotatable bonds is 4. The second kappa shape index (κ2) is 8.38. The molecule has 3 aliphatic rings. The minimum atomic E-state index is -0.550. The van der Waals surface area contributed by atoms with Gasteiger partial charge in [0.1, 0.15) is 11.6 Å². The molecular formula is C20H32N4O4. The van der Waals surface area contributed by atoms with Crippen molar-refractivity contribution in [3.05, 3.63) is 0 Å². The Balaban J connectivity index is 0.000000203. The zero-order chi connectivity index (χ0) is 21.1.